The van der Waals surface area contributed by atoms with Crippen LogP contribution in [0.15, 0.2) is 66.7 Å². The van der Waals surface area contributed by atoms with Gasteiger partial charge in [-0.1, -0.05) is 30.3 Å². The third kappa shape index (κ3) is 3.10. The van der Waals surface area contributed by atoms with E-state index >= 15 is 0 Å². The maximum absolute atomic E-state index is 13.5. The van der Waals surface area contributed by atoms with Gasteiger partial charge in [-0.05, 0) is 84.4 Å². The summed E-state index contributed by atoms with van der Waals surface area (Å²) in [7, 11) is 0. The molecular weight excluding hydrogens is 406 g/mol. The standard InChI is InChI=1S/C27H24F2N2O/c28-21-10-9-19(14-22(21)29)30-27(32)18-8-11-23-20(13-18)24-16-6-7-17(12-16)25(24)26(31-23)15-4-2-1-3-5-15/h1-5,8-11,13-14,16-17,24-26,31H,6-7,12H2,(H,30,32)/t16-,17+,24+,25-,26-/m0/s1. The van der Waals surface area contributed by atoms with Crippen molar-refractivity contribution in [1.29, 1.82) is 0 Å². The Morgan fingerprint density at radius 2 is 1.72 bits per heavy atom. The number of anilines is 2. The molecule has 2 bridgehead atoms. The minimum atomic E-state index is -0.978. The lowest BCUT2D eigenvalue weighted by Crippen LogP contribution is -2.35. The molecule has 6 rings (SSSR count). The van der Waals surface area contributed by atoms with Crippen LogP contribution in [0.5, 0.6) is 0 Å². The van der Waals surface area contributed by atoms with Gasteiger partial charge in [-0.3, -0.25) is 4.79 Å². The zero-order chi connectivity index (χ0) is 21.8. The second-order valence-corrected chi connectivity index (χ2v) is 9.35. The van der Waals surface area contributed by atoms with Crippen LogP contribution in [0.25, 0.3) is 0 Å². The Balaban J connectivity index is 1.34. The van der Waals surface area contributed by atoms with Crippen molar-refractivity contribution >= 4 is 17.3 Å². The van der Waals surface area contributed by atoms with E-state index in [1.165, 1.54) is 36.5 Å². The number of carbonyl (C=O) groups excluding carboxylic acids is 1. The van der Waals surface area contributed by atoms with Crippen molar-refractivity contribution in [2.24, 2.45) is 17.8 Å². The summed E-state index contributed by atoms with van der Waals surface area (Å²) in [5, 5.41) is 6.47. The molecule has 3 aromatic rings. The predicted molar refractivity (Wildman–Crippen MR) is 121 cm³/mol. The first-order valence-electron chi connectivity index (χ1n) is 11.3. The van der Waals surface area contributed by atoms with Gasteiger partial charge in [0.2, 0.25) is 0 Å². The Kier molecular flexibility index (Phi) is 4.53. The molecule has 3 nitrogen and oxygen atoms in total. The lowest BCUT2D eigenvalue weighted by molar-refractivity contribution is 0.102. The summed E-state index contributed by atoms with van der Waals surface area (Å²) in [5.74, 6) is 0.0903. The Hall–Kier alpha value is -3.21. The minimum Gasteiger partial charge on any atom is -0.378 e. The van der Waals surface area contributed by atoms with Crippen LogP contribution >= 0.6 is 0 Å². The molecule has 0 radical (unpaired) electrons. The fraction of sp³-hybridized carbons (Fsp3) is 0.296. The minimum absolute atomic E-state index is 0.242. The molecule has 1 heterocycles. The Labute approximate surface area is 185 Å². The molecule has 162 valence electrons. The quantitative estimate of drug-likeness (QED) is 0.497. The molecule has 3 aromatic carbocycles. The lowest BCUT2D eigenvalue weighted by atomic mass is 9.68. The van der Waals surface area contributed by atoms with Crippen LogP contribution in [-0.4, -0.2) is 5.91 Å². The van der Waals surface area contributed by atoms with Gasteiger partial charge in [0.05, 0.1) is 6.04 Å². The maximum atomic E-state index is 13.5. The summed E-state index contributed by atoms with van der Waals surface area (Å²) in [6.45, 7) is 0. The first kappa shape index (κ1) is 19.5. The first-order chi connectivity index (χ1) is 15.6. The molecule has 2 aliphatic carbocycles. The van der Waals surface area contributed by atoms with Crippen molar-refractivity contribution < 1.29 is 13.6 Å². The van der Waals surface area contributed by atoms with Crippen molar-refractivity contribution in [3.05, 3.63) is 95.1 Å². The van der Waals surface area contributed by atoms with E-state index in [4.69, 9.17) is 0 Å². The summed E-state index contributed by atoms with van der Waals surface area (Å²) < 4.78 is 26.7. The van der Waals surface area contributed by atoms with Gasteiger partial charge in [-0.2, -0.15) is 0 Å². The predicted octanol–water partition coefficient (Wildman–Crippen LogP) is 6.51. The first-order valence-corrected chi connectivity index (χ1v) is 11.3. The van der Waals surface area contributed by atoms with Gasteiger partial charge in [0.1, 0.15) is 0 Å². The van der Waals surface area contributed by atoms with Crippen LogP contribution < -0.4 is 10.6 Å². The van der Waals surface area contributed by atoms with Gasteiger partial charge in [0.15, 0.2) is 11.6 Å². The highest BCUT2D eigenvalue weighted by Crippen LogP contribution is 2.63. The number of amides is 1. The number of hydrogen-bond acceptors (Lipinski definition) is 2. The molecule has 2 N–H and O–H groups in total. The second-order valence-electron chi connectivity index (χ2n) is 9.35. The van der Waals surface area contributed by atoms with Gasteiger partial charge in [0.25, 0.3) is 5.91 Å². The molecule has 32 heavy (non-hydrogen) atoms. The average Bonchev–Trinajstić information content (AvgIpc) is 3.44. The molecule has 1 aliphatic heterocycles. The smallest absolute Gasteiger partial charge is 0.255 e. The van der Waals surface area contributed by atoms with Crippen LogP contribution in [0.2, 0.25) is 0 Å². The molecule has 2 fully saturated rings. The Bertz CT molecular complexity index is 1200. The molecule has 3 aliphatic rings. The Morgan fingerprint density at radius 3 is 2.53 bits per heavy atom. The van der Waals surface area contributed by atoms with Gasteiger partial charge in [-0.25, -0.2) is 8.78 Å². The lowest BCUT2D eigenvalue weighted by Gasteiger charge is -2.43. The van der Waals surface area contributed by atoms with Crippen LogP contribution in [0.1, 0.15) is 52.7 Å². The molecule has 5 atom stereocenters. The van der Waals surface area contributed by atoms with E-state index in [-0.39, 0.29) is 17.6 Å². The van der Waals surface area contributed by atoms with Crippen molar-refractivity contribution in [2.45, 2.75) is 31.2 Å². The van der Waals surface area contributed by atoms with Gasteiger partial charge in [-0.15, -0.1) is 0 Å². The number of fused-ring (bicyclic) bond motifs is 7. The van der Waals surface area contributed by atoms with E-state index in [1.807, 2.05) is 12.1 Å². The number of halogens is 2. The fourth-order valence-corrected chi connectivity index (χ4v) is 6.39. The fourth-order valence-electron chi connectivity index (χ4n) is 6.39. The molecule has 0 saturated heterocycles. The van der Waals surface area contributed by atoms with Crippen molar-refractivity contribution in [3.63, 3.8) is 0 Å². The second kappa shape index (κ2) is 7.44. The van der Waals surface area contributed by atoms with Gasteiger partial charge >= 0.3 is 0 Å². The van der Waals surface area contributed by atoms with Crippen molar-refractivity contribution in [1.82, 2.24) is 0 Å². The molecular formula is C27H24F2N2O. The topological polar surface area (TPSA) is 41.1 Å². The monoisotopic (exact) mass is 430 g/mol. The van der Waals surface area contributed by atoms with Crippen LogP contribution in [0.4, 0.5) is 20.2 Å². The van der Waals surface area contributed by atoms with Crippen LogP contribution in [0, 0.1) is 29.4 Å². The van der Waals surface area contributed by atoms with E-state index in [0.29, 0.717) is 29.2 Å². The highest BCUT2D eigenvalue weighted by molar-refractivity contribution is 6.04. The third-order valence-corrected chi connectivity index (χ3v) is 7.69. The van der Waals surface area contributed by atoms with Crippen molar-refractivity contribution in [2.75, 3.05) is 10.6 Å². The molecule has 0 unspecified atom stereocenters. The number of hydrogen-bond donors (Lipinski definition) is 2. The van der Waals surface area contributed by atoms with Gasteiger partial charge in [0, 0.05) is 23.0 Å². The largest absolute Gasteiger partial charge is 0.378 e. The van der Waals surface area contributed by atoms with Gasteiger partial charge < -0.3 is 10.6 Å². The molecule has 5 heteroatoms. The van der Waals surface area contributed by atoms with E-state index in [9.17, 15) is 13.6 Å². The average molecular weight is 430 g/mol. The molecule has 0 spiro atoms. The molecule has 0 aromatic heterocycles. The van der Waals surface area contributed by atoms with E-state index < -0.39 is 11.6 Å². The van der Waals surface area contributed by atoms with Crippen molar-refractivity contribution in [3.8, 4) is 0 Å². The van der Waals surface area contributed by atoms with E-state index in [2.05, 4.69) is 41.0 Å². The number of nitrogens with one attached hydrogen (secondary N) is 2. The summed E-state index contributed by atoms with van der Waals surface area (Å²) in [6.07, 6.45) is 3.78. The normalized spacial score (nSPS) is 27.4. The summed E-state index contributed by atoms with van der Waals surface area (Å²) in [5.41, 5.74) is 4.41. The highest BCUT2D eigenvalue weighted by atomic mass is 19.2. The highest BCUT2D eigenvalue weighted by Gasteiger charge is 2.53. The number of rotatable bonds is 3. The third-order valence-electron chi connectivity index (χ3n) is 7.69. The van der Waals surface area contributed by atoms with Crippen LogP contribution in [0.3, 0.4) is 0 Å². The number of benzene rings is 3. The number of carbonyl (C=O) groups is 1. The van der Waals surface area contributed by atoms with Crippen LogP contribution in [-0.2, 0) is 0 Å². The van der Waals surface area contributed by atoms with E-state index in [0.717, 1.165) is 17.8 Å². The van der Waals surface area contributed by atoms with E-state index in [1.54, 1.807) is 6.07 Å². The zero-order valence-corrected chi connectivity index (χ0v) is 17.5. The summed E-state index contributed by atoms with van der Waals surface area (Å²) >= 11 is 0. The zero-order valence-electron chi connectivity index (χ0n) is 17.5. The summed E-state index contributed by atoms with van der Waals surface area (Å²) in [4.78, 5) is 12.9. The molecule has 1 amide bonds. The summed E-state index contributed by atoms with van der Waals surface area (Å²) in [6, 6.07) is 20.1. The Morgan fingerprint density at radius 1 is 0.906 bits per heavy atom. The molecule has 2 saturated carbocycles. The SMILES string of the molecule is O=C(Nc1ccc(F)c(F)c1)c1ccc2c(c1)[C@H]1[C@H]3CC[C@H](C3)[C@@H]1[C@H](c1ccccc1)N2. The maximum Gasteiger partial charge on any atom is 0.255 e.